The highest BCUT2D eigenvalue weighted by molar-refractivity contribution is 6.01. The van der Waals surface area contributed by atoms with Crippen molar-refractivity contribution in [2.75, 3.05) is 13.2 Å². The normalized spacial score (nSPS) is 34.3. The number of alkyl halides is 1. The maximum absolute atomic E-state index is 18.1. The summed E-state index contributed by atoms with van der Waals surface area (Å²) in [5, 5.41) is 22.9. The molecule has 0 bridgehead atoms. The molecular weight excluding hydrogens is 679 g/mol. The number of fused-ring (bicyclic) bond motifs is 3. The Labute approximate surface area is 310 Å². The van der Waals surface area contributed by atoms with Crippen molar-refractivity contribution in [1.29, 1.82) is 0 Å². The summed E-state index contributed by atoms with van der Waals surface area (Å²) < 4.78 is 41.9. The van der Waals surface area contributed by atoms with Crippen molar-refractivity contribution >= 4 is 28.5 Å². The summed E-state index contributed by atoms with van der Waals surface area (Å²) in [5.74, 6) is -3.48. The second kappa shape index (κ2) is 13.8. The number of Topliss-reactive ketones (excluding diaryl/α,β-unsaturated/α-hetero) is 1. The van der Waals surface area contributed by atoms with Gasteiger partial charge in [0, 0.05) is 22.8 Å². The van der Waals surface area contributed by atoms with Crippen LogP contribution in [0, 0.1) is 34.5 Å². The molecule has 5 aliphatic rings. The summed E-state index contributed by atoms with van der Waals surface area (Å²) >= 11 is 0. The molecule has 286 valence electrons. The minimum Gasteiger partial charge on any atom is -0.507 e. The summed E-state index contributed by atoms with van der Waals surface area (Å²) in [4.78, 5) is 39.6. The number of hydrogen-bond acceptors (Lipinski definition) is 9. The van der Waals surface area contributed by atoms with Crippen molar-refractivity contribution in [3.63, 3.8) is 0 Å². The Bertz CT molecular complexity index is 1850. The Hall–Kier alpha value is -3.76. The van der Waals surface area contributed by atoms with Crippen LogP contribution in [0.15, 0.2) is 59.1 Å². The van der Waals surface area contributed by atoms with Crippen LogP contribution in [-0.2, 0) is 19.1 Å². The number of rotatable bonds is 13. The fraction of sp³-hybridized carbons (Fsp3) is 0.605. The highest BCUT2D eigenvalue weighted by Crippen LogP contribution is 2.76. The molecule has 0 saturated heterocycles. The van der Waals surface area contributed by atoms with Gasteiger partial charge in [0.25, 0.3) is 5.95 Å². The van der Waals surface area contributed by atoms with Gasteiger partial charge < -0.3 is 28.8 Å². The smallest absolute Gasteiger partial charge is 0.338 e. The molecule has 1 heterocycles. The second-order valence-corrected chi connectivity index (χ2v) is 17.1. The van der Waals surface area contributed by atoms with Gasteiger partial charge in [-0.3, -0.25) is 9.59 Å². The van der Waals surface area contributed by atoms with Gasteiger partial charge in [0.15, 0.2) is 18.2 Å². The van der Waals surface area contributed by atoms with Crippen molar-refractivity contribution in [2.24, 2.45) is 34.5 Å². The Morgan fingerprint density at radius 3 is 2.60 bits per heavy atom. The fourth-order valence-electron chi connectivity index (χ4n) is 10.9. The molecule has 9 nitrogen and oxygen atoms in total. The van der Waals surface area contributed by atoms with Gasteiger partial charge in [0.1, 0.15) is 17.0 Å². The highest BCUT2D eigenvalue weighted by atomic mass is 19.1. The average molecular weight is 733 g/mol. The van der Waals surface area contributed by atoms with Crippen LogP contribution in [0.4, 0.5) is 4.39 Å². The molecule has 1 aromatic heterocycles. The van der Waals surface area contributed by atoms with Crippen molar-refractivity contribution < 1.29 is 47.6 Å². The number of aliphatic hydroxyl groups is 1. The maximum Gasteiger partial charge on any atom is 0.338 e. The van der Waals surface area contributed by atoms with Crippen LogP contribution < -0.4 is 4.74 Å². The first-order valence-corrected chi connectivity index (χ1v) is 19.4. The first-order valence-electron chi connectivity index (χ1n) is 19.4. The molecule has 9 atom stereocenters. The quantitative estimate of drug-likeness (QED) is 0.119. The van der Waals surface area contributed by atoms with Crippen LogP contribution >= 0.6 is 0 Å². The number of aromatic hydroxyl groups is 1. The minimum atomic E-state index is -1.78. The Morgan fingerprint density at radius 1 is 1.09 bits per heavy atom. The minimum absolute atomic E-state index is 0.0191. The Kier molecular flexibility index (Phi) is 9.80. The van der Waals surface area contributed by atoms with E-state index in [9.17, 15) is 24.6 Å². The number of aliphatic hydroxyl groups excluding tert-OH is 1. The van der Waals surface area contributed by atoms with E-state index in [-0.39, 0.29) is 53.4 Å². The molecule has 2 N–H and O–H groups in total. The van der Waals surface area contributed by atoms with Crippen LogP contribution in [0.1, 0.15) is 102 Å². The first kappa shape index (κ1) is 37.6. The third-order valence-electron chi connectivity index (χ3n) is 13.0. The number of allylic oxidation sites excluding steroid dienone is 5. The van der Waals surface area contributed by atoms with E-state index in [1.165, 1.54) is 24.3 Å². The number of ether oxygens (including phenoxy) is 3. The first-order chi connectivity index (χ1) is 25.2. The SMILES string of the molecule is C=CC12CC(O)C3CC45C=CC(=O)C=C4CCC(C1CC(OC(C)(C)C)C2C(=O)COc1cc2c(O)cc(C(=O)OCCCCCCC)cc2o1)C35F. The van der Waals surface area contributed by atoms with Crippen LogP contribution in [0.3, 0.4) is 0 Å². The standard InChI is InChI=1S/C43H53FO9/c1-6-8-9-10-11-16-50-39(49)25-17-32(46)28-20-37(52-35(28)18-25)51-24-34(48)38-36(53-40(3,4)5)21-30-29-13-12-26-19-27(45)14-15-42(26)22-31(43(29,42)44)33(47)23-41(30,38)7-2/h7,14-15,17-20,29-31,33,36,38,46-47H,2,6,8-13,16,21-24H2,1,3-5H3. The number of halogens is 1. The van der Waals surface area contributed by atoms with Crippen molar-refractivity contribution in [3.8, 4) is 11.7 Å². The van der Waals surface area contributed by atoms with Crippen LogP contribution in [0.2, 0.25) is 0 Å². The number of esters is 1. The number of phenols is 1. The number of hydrogen-bond donors (Lipinski definition) is 2. The molecule has 0 amide bonds. The van der Waals surface area contributed by atoms with E-state index in [1.807, 2.05) is 20.8 Å². The lowest BCUT2D eigenvalue weighted by Gasteiger charge is -2.66. The maximum atomic E-state index is 18.1. The van der Waals surface area contributed by atoms with Gasteiger partial charge in [-0.25, -0.2) is 9.18 Å². The lowest BCUT2D eigenvalue weighted by Crippen LogP contribution is -2.70. The van der Waals surface area contributed by atoms with E-state index in [0.29, 0.717) is 31.1 Å². The Balaban J connectivity index is 1.13. The van der Waals surface area contributed by atoms with Gasteiger partial charge in [0.05, 0.1) is 41.3 Å². The van der Waals surface area contributed by atoms with Gasteiger partial charge in [-0.1, -0.05) is 50.3 Å². The van der Waals surface area contributed by atoms with Gasteiger partial charge in [-0.05, 0) is 95.4 Å². The molecule has 9 unspecified atom stereocenters. The van der Waals surface area contributed by atoms with Gasteiger partial charge >= 0.3 is 5.97 Å². The zero-order chi connectivity index (χ0) is 37.9. The highest BCUT2D eigenvalue weighted by Gasteiger charge is 2.78. The van der Waals surface area contributed by atoms with Crippen molar-refractivity contribution in [2.45, 2.75) is 115 Å². The van der Waals surface area contributed by atoms with E-state index in [0.717, 1.165) is 37.7 Å². The second-order valence-electron chi connectivity index (χ2n) is 17.1. The molecule has 4 saturated carbocycles. The molecule has 5 aliphatic carbocycles. The monoisotopic (exact) mass is 732 g/mol. The summed E-state index contributed by atoms with van der Waals surface area (Å²) in [5.41, 5.74) is -3.17. The zero-order valence-corrected chi connectivity index (χ0v) is 31.3. The lowest BCUT2D eigenvalue weighted by molar-refractivity contribution is -0.206. The lowest BCUT2D eigenvalue weighted by atomic mass is 9.39. The summed E-state index contributed by atoms with van der Waals surface area (Å²) in [6.45, 7) is 12.0. The third-order valence-corrected chi connectivity index (χ3v) is 13.0. The van der Waals surface area contributed by atoms with E-state index >= 15 is 4.39 Å². The van der Waals surface area contributed by atoms with Gasteiger partial charge in [-0.15, -0.1) is 6.58 Å². The predicted molar refractivity (Wildman–Crippen MR) is 196 cm³/mol. The van der Waals surface area contributed by atoms with E-state index in [4.69, 9.17) is 18.6 Å². The van der Waals surface area contributed by atoms with Gasteiger partial charge in [-0.2, -0.15) is 0 Å². The molecular formula is C43H53FO9. The average Bonchev–Trinajstić information content (AvgIpc) is 3.63. The molecule has 0 aliphatic heterocycles. The van der Waals surface area contributed by atoms with Crippen LogP contribution in [0.5, 0.6) is 11.7 Å². The van der Waals surface area contributed by atoms with Gasteiger partial charge in [0.2, 0.25) is 0 Å². The number of ketones is 2. The predicted octanol–water partition coefficient (Wildman–Crippen LogP) is 8.16. The molecule has 53 heavy (non-hydrogen) atoms. The van der Waals surface area contributed by atoms with E-state index < -0.39 is 64.6 Å². The number of phenolic OH excluding ortho intramolecular Hbond substituents is 1. The van der Waals surface area contributed by atoms with Crippen LogP contribution in [-0.4, -0.2) is 64.4 Å². The van der Waals surface area contributed by atoms with E-state index in [2.05, 4.69) is 13.5 Å². The summed E-state index contributed by atoms with van der Waals surface area (Å²) in [6.07, 6.45) is 12.0. The molecule has 7 rings (SSSR count). The Morgan fingerprint density at radius 2 is 1.87 bits per heavy atom. The number of unbranched alkanes of at least 4 members (excludes halogenated alkanes) is 4. The van der Waals surface area contributed by atoms with Crippen molar-refractivity contribution in [1.82, 2.24) is 0 Å². The van der Waals surface area contributed by atoms with Crippen LogP contribution in [0.25, 0.3) is 11.0 Å². The van der Waals surface area contributed by atoms with E-state index in [1.54, 1.807) is 18.2 Å². The largest absolute Gasteiger partial charge is 0.507 e. The number of carbonyl (C=O) groups excluding carboxylic acids is 3. The summed E-state index contributed by atoms with van der Waals surface area (Å²) in [7, 11) is 0. The van der Waals surface area contributed by atoms with Crippen molar-refractivity contribution in [3.05, 3.63) is 60.2 Å². The third kappa shape index (κ3) is 6.18. The summed E-state index contributed by atoms with van der Waals surface area (Å²) in [6, 6.07) is 4.28. The molecule has 1 aromatic carbocycles. The molecule has 0 radical (unpaired) electrons. The molecule has 10 heteroatoms. The zero-order valence-electron chi connectivity index (χ0n) is 31.3. The number of carbonyl (C=O) groups is 3. The molecule has 2 aromatic rings. The fourth-order valence-corrected chi connectivity index (χ4v) is 10.9. The molecule has 4 fully saturated rings. The number of benzene rings is 1. The molecule has 1 spiro atoms. The topological polar surface area (TPSA) is 132 Å². The number of furan rings is 1.